The summed E-state index contributed by atoms with van der Waals surface area (Å²) in [5.41, 5.74) is 0.304. The quantitative estimate of drug-likeness (QED) is 0.837. The number of hydrogen-bond donors (Lipinski definition) is 2. The molecule has 1 heterocycles. The van der Waals surface area contributed by atoms with Gasteiger partial charge in [0.2, 0.25) is 5.91 Å². The SMILES string of the molecule is O=C(Cc1ccccc1F)NCC(C(=O)O)C1CCOCC1. The molecule has 1 amide bonds. The molecular weight excluding hydrogens is 289 g/mol. The smallest absolute Gasteiger partial charge is 0.308 e. The van der Waals surface area contributed by atoms with Crippen molar-refractivity contribution < 1.29 is 23.8 Å². The first-order valence-corrected chi connectivity index (χ1v) is 7.38. The van der Waals surface area contributed by atoms with Gasteiger partial charge in [-0.25, -0.2) is 4.39 Å². The number of carbonyl (C=O) groups excluding carboxylic acids is 1. The summed E-state index contributed by atoms with van der Waals surface area (Å²) in [5.74, 6) is -2.35. The molecule has 0 aliphatic carbocycles. The lowest BCUT2D eigenvalue weighted by Gasteiger charge is -2.27. The highest BCUT2D eigenvalue weighted by Crippen LogP contribution is 2.23. The zero-order valence-corrected chi connectivity index (χ0v) is 12.3. The number of carbonyl (C=O) groups is 2. The molecule has 2 rings (SSSR count). The third kappa shape index (κ3) is 4.53. The number of rotatable bonds is 6. The molecule has 5 nitrogen and oxygen atoms in total. The molecule has 1 saturated heterocycles. The summed E-state index contributed by atoms with van der Waals surface area (Å²) in [6.45, 7) is 1.17. The Balaban J connectivity index is 1.87. The summed E-state index contributed by atoms with van der Waals surface area (Å²) >= 11 is 0. The molecule has 0 radical (unpaired) electrons. The molecule has 1 unspecified atom stereocenters. The molecule has 1 aromatic rings. The average Bonchev–Trinajstić information content (AvgIpc) is 2.50. The van der Waals surface area contributed by atoms with E-state index >= 15 is 0 Å². The zero-order valence-electron chi connectivity index (χ0n) is 12.3. The van der Waals surface area contributed by atoms with Gasteiger partial charge in [-0.15, -0.1) is 0 Å². The van der Waals surface area contributed by atoms with Crippen LogP contribution in [-0.4, -0.2) is 36.7 Å². The van der Waals surface area contributed by atoms with E-state index in [2.05, 4.69) is 5.32 Å². The Morgan fingerprint density at radius 2 is 2.00 bits per heavy atom. The summed E-state index contributed by atoms with van der Waals surface area (Å²) in [6, 6.07) is 6.06. The van der Waals surface area contributed by atoms with Crippen molar-refractivity contribution in [3.63, 3.8) is 0 Å². The van der Waals surface area contributed by atoms with E-state index in [9.17, 15) is 19.1 Å². The standard InChI is InChI=1S/C16H20FNO4/c17-14-4-2-1-3-12(14)9-15(19)18-10-13(16(20)21)11-5-7-22-8-6-11/h1-4,11,13H,5-10H2,(H,18,19)(H,20,21). The van der Waals surface area contributed by atoms with E-state index in [1.54, 1.807) is 18.2 Å². The molecular formula is C16H20FNO4. The normalized spacial score (nSPS) is 17.0. The maximum Gasteiger partial charge on any atom is 0.308 e. The van der Waals surface area contributed by atoms with Gasteiger partial charge in [-0.3, -0.25) is 9.59 Å². The van der Waals surface area contributed by atoms with E-state index in [4.69, 9.17) is 4.74 Å². The highest BCUT2D eigenvalue weighted by molar-refractivity contribution is 5.79. The van der Waals surface area contributed by atoms with Crippen LogP contribution < -0.4 is 5.32 Å². The van der Waals surface area contributed by atoms with E-state index in [1.165, 1.54) is 6.07 Å². The summed E-state index contributed by atoms with van der Waals surface area (Å²) in [6.07, 6.45) is 1.27. The van der Waals surface area contributed by atoms with Gasteiger partial charge in [0.1, 0.15) is 5.82 Å². The second kappa shape index (κ2) is 7.89. The second-order valence-corrected chi connectivity index (χ2v) is 5.47. The highest BCUT2D eigenvalue weighted by atomic mass is 19.1. The van der Waals surface area contributed by atoms with E-state index in [-0.39, 0.29) is 24.8 Å². The number of nitrogens with one attached hydrogen (secondary N) is 1. The summed E-state index contributed by atoms with van der Waals surface area (Å²) in [7, 11) is 0. The lowest BCUT2D eigenvalue weighted by atomic mass is 9.86. The predicted octanol–water partition coefficient (Wildman–Crippen LogP) is 1.61. The van der Waals surface area contributed by atoms with Gasteiger partial charge in [0.15, 0.2) is 0 Å². The van der Waals surface area contributed by atoms with Crippen molar-refractivity contribution in [1.29, 1.82) is 0 Å². The zero-order chi connectivity index (χ0) is 15.9. The lowest BCUT2D eigenvalue weighted by molar-refractivity contribution is -0.144. The molecule has 6 heteroatoms. The van der Waals surface area contributed by atoms with Crippen LogP contribution in [0, 0.1) is 17.7 Å². The number of benzene rings is 1. The minimum Gasteiger partial charge on any atom is -0.481 e. The molecule has 0 spiro atoms. The van der Waals surface area contributed by atoms with Crippen molar-refractivity contribution in [2.75, 3.05) is 19.8 Å². The monoisotopic (exact) mass is 309 g/mol. The molecule has 0 bridgehead atoms. The first kappa shape index (κ1) is 16.4. The molecule has 1 aliphatic heterocycles. The van der Waals surface area contributed by atoms with Gasteiger partial charge in [0.05, 0.1) is 12.3 Å². The van der Waals surface area contributed by atoms with Crippen molar-refractivity contribution in [1.82, 2.24) is 5.32 Å². The van der Waals surface area contributed by atoms with Gasteiger partial charge in [-0.2, -0.15) is 0 Å². The fourth-order valence-electron chi connectivity index (χ4n) is 2.67. The number of aliphatic carboxylic acids is 1. The highest BCUT2D eigenvalue weighted by Gasteiger charge is 2.30. The maximum atomic E-state index is 13.5. The largest absolute Gasteiger partial charge is 0.481 e. The number of hydrogen-bond acceptors (Lipinski definition) is 3. The number of carboxylic acid groups (broad SMARTS) is 1. The summed E-state index contributed by atoms with van der Waals surface area (Å²) in [5, 5.41) is 11.9. The molecule has 1 aliphatic rings. The summed E-state index contributed by atoms with van der Waals surface area (Å²) in [4.78, 5) is 23.3. The van der Waals surface area contributed by atoms with Gasteiger partial charge in [0.25, 0.3) is 0 Å². The minimum atomic E-state index is -0.918. The second-order valence-electron chi connectivity index (χ2n) is 5.47. The first-order valence-electron chi connectivity index (χ1n) is 7.38. The Labute approximate surface area is 128 Å². The van der Waals surface area contributed by atoms with Crippen LogP contribution in [-0.2, 0) is 20.7 Å². The van der Waals surface area contributed by atoms with Crippen LogP contribution in [0.4, 0.5) is 4.39 Å². The first-order chi connectivity index (χ1) is 10.6. The van der Waals surface area contributed by atoms with Crippen LogP contribution in [0.25, 0.3) is 0 Å². The fourth-order valence-corrected chi connectivity index (χ4v) is 2.67. The van der Waals surface area contributed by atoms with Crippen LogP contribution in [0.2, 0.25) is 0 Å². The van der Waals surface area contributed by atoms with Crippen molar-refractivity contribution >= 4 is 11.9 Å². The Bertz CT molecular complexity index is 529. The predicted molar refractivity (Wildman–Crippen MR) is 77.8 cm³/mol. The Morgan fingerprint density at radius 1 is 1.32 bits per heavy atom. The molecule has 1 atom stereocenters. The molecule has 2 N–H and O–H groups in total. The lowest BCUT2D eigenvalue weighted by Crippen LogP contribution is -2.39. The Morgan fingerprint density at radius 3 is 2.64 bits per heavy atom. The number of carboxylic acids is 1. The molecule has 22 heavy (non-hydrogen) atoms. The topological polar surface area (TPSA) is 75.6 Å². The van der Waals surface area contributed by atoms with Crippen molar-refractivity contribution in [3.8, 4) is 0 Å². The maximum absolute atomic E-state index is 13.5. The van der Waals surface area contributed by atoms with Crippen molar-refractivity contribution in [2.24, 2.45) is 11.8 Å². The van der Waals surface area contributed by atoms with Crippen LogP contribution in [0.15, 0.2) is 24.3 Å². The molecule has 1 fully saturated rings. The fraction of sp³-hybridized carbons (Fsp3) is 0.500. The number of ether oxygens (including phenoxy) is 1. The summed E-state index contributed by atoms with van der Waals surface area (Å²) < 4.78 is 18.7. The van der Waals surface area contributed by atoms with Crippen molar-refractivity contribution in [2.45, 2.75) is 19.3 Å². The number of halogens is 1. The Kier molecular flexibility index (Phi) is 5.89. The third-order valence-electron chi connectivity index (χ3n) is 3.98. The van der Waals surface area contributed by atoms with E-state index in [0.717, 1.165) is 0 Å². The van der Waals surface area contributed by atoms with Gasteiger partial charge < -0.3 is 15.2 Å². The van der Waals surface area contributed by atoms with Gasteiger partial charge >= 0.3 is 5.97 Å². The van der Waals surface area contributed by atoms with Crippen LogP contribution in [0.3, 0.4) is 0 Å². The van der Waals surface area contributed by atoms with Gasteiger partial charge in [-0.1, -0.05) is 18.2 Å². The van der Waals surface area contributed by atoms with Crippen LogP contribution in [0.5, 0.6) is 0 Å². The average molecular weight is 309 g/mol. The Hall–Kier alpha value is -1.95. The molecule has 120 valence electrons. The van der Waals surface area contributed by atoms with Crippen LogP contribution in [0.1, 0.15) is 18.4 Å². The molecule has 0 saturated carbocycles. The van der Waals surface area contributed by atoms with E-state index < -0.39 is 17.7 Å². The van der Waals surface area contributed by atoms with E-state index in [1.807, 2.05) is 0 Å². The minimum absolute atomic E-state index is 0.0000106. The van der Waals surface area contributed by atoms with Crippen molar-refractivity contribution in [3.05, 3.63) is 35.6 Å². The van der Waals surface area contributed by atoms with Gasteiger partial charge in [0, 0.05) is 19.8 Å². The molecule has 1 aromatic carbocycles. The van der Waals surface area contributed by atoms with Crippen LogP contribution >= 0.6 is 0 Å². The van der Waals surface area contributed by atoms with Gasteiger partial charge in [-0.05, 0) is 30.4 Å². The number of amides is 1. The van der Waals surface area contributed by atoms with E-state index in [0.29, 0.717) is 31.6 Å². The third-order valence-corrected chi connectivity index (χ3v) is 3.98. The molecule has 0 aromatic heterocycles.